The standard InChI is InChI=1S/Gd.NO3.H2O/c;2-1(3)4;/h;;1H2/q+2;-1;/p-1. The molecule has 0 radical (unpaired) electrons. The number of nitrogens with zero attached hydrogens (tertiary/aromatic N) is 1. The van der Waals surface area contributed by atoms with Crippen LogP contribution in [0.15, 0.2) is 0 Å². The summed E-state index contributed by atoms with van der Waals surface area (Å²) in [5, 5.41) is 14.8. The molecule has 0 aliphatic rings. The summed E-state index contributed by atoms with van der Waals surface area (Å²) in [6, 6.07) is 0. The third-order valence-electron chi connectivity index (χ3n) is 0. The zero-order valence-corrected chi connectivity index (χ0v) is 4.74. The van der Waals surface area contributed by atoms with Gasteiger partial charge in [-0.25, -0.2) is 0 Å². The molecule has 6 heavy (non-hydrogen) atoms. The minimum atomic E-state index is -1.75. The molecule has 0 atom stereocenters. The molecule has 5 nitrogen and oxygen atoms in total. The van der Waals surface area contributed by atoms with Gasteiger partial charge in [0.25, 0.3) is 0 Å². The van der Waals surface area contributed by atoms with Crippen molar-refractivity contribution in [1.82, 2.24) is 0 Å². The van der Waals surface area contributed by atoms with Crippen LogP contribution in [-0.2, 0) is 0 Å². The monoisotopic (exact) mass is 237 g/mol. The Morgan fingerprint density at radius 3 is 1.33 bits per heavy atom. The van der Waals surface area contributed by atoms with E-state index in [2.05, 4.69) is 0 Å². The first-order chi connectivity index (χ1) is 1.73. The van der Waals surface area contributed by atoms with Gasteiger partial charge in [-0.15, -0.1) is 0 Å². The van der Waals surface area contributed by atoms with E-state index in [1.165, 1.54) is 0 Å². The number of hydrogen-bond acceptors (Lipinski definition) is 4. The summed E-state index contributed by atoms with van der Waals surface area (Å²) in [7, 11) is 0. The minimum absolute atomic E-state index is 0. The van der Waals surface area contributed by atoms with Crippen LogP contribution in [0.1, 0.15) is 0 Å². The van der Waals surface area contributed by atoms with Crippen LogP contribution in [0.4, 0.5) is 0 Å². The second kappa shape index (κ2) is 9.08. The van der Waals surface area contributed by atoms with Crippen molar-refractivity contribution in [3.05, 3.63) is 15.3 Å². The van der Waals surface area contributed by atoms with Gasteiger partial charge in [0.2, 0.25) is 0 Å². The van der Waals surface area contributed by atoms with Gasteiger partial charge in [-0.3, -0.25) is 0 Å². The van der Waals surface area contributed by atoms with E-state index in [0.29, 0.717) is 0 Å². The minimum Gasteiger partial charge on any atom is -0.870 e. The van der Waals surface area contributed by atoms with Crippen LogP contribution in [0, 0.1) is 55.3 Å². The Kier molecular flexibility index (Phi) is 24.3. The molecule has 0 saturated heterocycles. The van der Waals surface area contributed by atoms with Crippen LogP contribution >= 0.6 is 0 Å². The Labute approximate surface area is 65.4 Å². The molecule has 0 aliphatic heterocycles. The second-order valence-corrected chi connectivity index (χ2v) is 0.224. The van der Waals surface area contributed by atoms with E-state index < -0.39 is 5.09 Å². The summed E-state index contributed by atoms with van der Waals surface area (Å²) < 4.78 is 0. The molecule has 1 N–H and O–H groups in total. The van der Waals surface area contributed by atoms with Gasteiger partial charge in [0.1, 0.15) is 0 Å². The van der Waals surface area contributed by atoms with Crippen molar-refractivity contribution in [3.8, 4) is 0 Å². The van der Waals surface area contributed by atoms with E-state index in [1.807, 2.05) is 0 Å². The van der Waals surface area contributed by atoms with Gasteiger partial charge in [0.05, 0.1) is 5.09 Å². The van der Waals surface area contributed by atoms with E-state index in [4.69, 9.17) is 15.3 Å². The molecule has 0 aromatic rings. The van der Waals surface area contributed by atoms with Crippen molar-refractivity contribution in [1.29, 1.82) is 0 Å². The van der Waals surface area contributed by atoms with Crippen LogP contribution in [0.5, 0.6) is 0 Å². The Morgan fingerprint density at radius 1 is 1.33 bits per heavy atom. The largest absolute Gasteiger partial charge is 2.00 e. The number of hydrogen-bond donors (Lipinski definition) is 0. The molecule has 6 heteroatoms. The first-order valence-electron chi connectivity index (χ1n) is 0.548. The van der Waals surface area contributed by atoms with Gasteiger partial charge in [0.15, 0.2) is 0 Å². The van der Waals surface area contributed by atoms with Gasteiger partial charge < -0.3 is 20.8 Å². The quantitative estimate of drug-likeness (QED) is 0.421. The first kappa shape index (κ1) is 16.1. The summed E-state index contributed by atoms with van der Waals surface area (Å²) in [5.41, 5.74) is 0. The molecule has 0 spiro atoms. The van der Waals surface area contributed by atoms with Crippen LogP contribution in [0.3, 0.4) is 0 Å². The zero-order chi connectivity index (χ0) is 3.58. The summed E-state index contributed by atoms with van der Waals surface area (Å²) in [6.07, 6.45) is 0. The molecule has 0 amide bonds. The molecule has 0 rings (SSSR count). The predicted octanol–water partition coefficient (Wildman–Crippen LogP) is -0.416. The fourth-order valence-electron chi connectivity index (χ4n) is 0. The normalized spacial score (nSPS) is 4.00. The van der Waals surface area contributed by atoms with E-state index >= 15 is 0 Å². The fourth-order valence-corrected chi connectivity index (χ4v) is 0. The average molecular weight is 236 g/mol. The molecule has 0 aromatic carbocycles. The van der Waals surface area contributed by atoms with Crippen molar-refractivity contribution in [3.63, 3.8) is 0 Å². The Hall–Kier alpha value is 0.485. The topological polar surface area (TPSA) is 96.2 Å². The maximum Gasteiger partial charge on any atom is 2.00 e. The van der Waals surface area contributed by atoms with E-state index in [9.17, 15) is 0 Å². The van der Waals surface area contributed by atoms with Gasteiger partial charge >= 0.3 is 39.9 Å². The molecule has 0 unspecified atom stereocenters. The maximum absolute atomic E-state index is 8.25. The van der Waals surface area contributed by atoms with Crippen LogP contribution in [0.2, 0.25) is 0 Å². The van der Waals surface area contributed by atoms with Crippen molar-refractivity contribution >= 4 is 0 Å². The van der Waals surface area contributed by atoms with E-state index in [1.54, 1.807) is 0 Å². The SMILES string of the molecule is O=[N+]([O-])[O-].[Gd+2].[OH-]. The smallest absolute Gasteiger partial charge is 0.870 e. The molecule has 38 valence electrons. The Balaban J connectivity index is -0.0000000450. The third-order valence-corrected chi connectivity index (χ3v) is 0. The molecule has 0 saturated carbocycles. The van der Waals surface area contributed by atoms with E-state index in [0.717, 1.165) is 0 Å². The first-order valence-corrected chi connectivity index (χ1v) is 0.548. The third kappa shape index (κ3) is 232. The molecule has 0 heterocycles. The van der Waals surface area contributed by atoms with Gasteiger partial charge in [-0.2, -0.15) is 0 Å². The predicted molar refractivity (Wildman–Crippen MR) is 12.3 cm³/mol. The van der Waals surface area contributed by atoms with Crippen molar-refractivity contribution in [2.75, 3.05) is 0 Å². The second-order valence-electron chi connectivity index (χ2n) is 0.224. The summed E-state index contributed by atoms with van der Waals surface area (Å²) >= 11 is 0. The Bertz CT molecular complexity index is 30.5. The summed E-state index contributed by atoms with van der Waals surface area (Å²) in [5.74, 6) is 0. The summed E-state index contributed by atoms with van der Waals surface area (Å²) in [6.45, 7) is 0. The fraction of sp³-hybridized carbons (Fsp3) is 0. The molecule has 0 bridgehead atoms. The van der Waals surface area contributed by atoms with E-state index in [-0.39, 0.29) is 45.4 Å². The summed E-state index contributed by atoms with van der Waals surface area (Å²) in [4.78, 5) is 8.25. The van der Waals surface area contributed by atoms with Crippen LogP contribution in [-0.4, -0.2) is 10.6 Å². The van der Waals surface area contributed by atoms with Crippen molar-refractivity contribution in [2.24, 2.45) is 0 Å². The maximum atomic E-state index is 8.25. The molecular weight excluding hydrogens is 235 g/mol. The Morgan fingerprint density at radius 2 is 1.33 bits per heavy atom. The van der Waals surface area contributed by atoms with Crippen molar-refractivity contribution in [2.45, 2.75) is 0 Å². The van der Waals surface area contributed by atoms with Gasteiger partial charge in [0, 0.05) is 0 Å². The molecule has 0 aliphatic carbocycles. The van der Waals surface area contributed by atoms with Crippen LogP contribution in [0.25, 0.3) is 0 Å². The van der Waals surface area contributed by atoms with Gasteiger partial charge in [-0.05, 0) is 0 Å². The molecular formula is HGdNO4. The molecule has 0 aromatic heterocycles. The van der Waals surface area contributed by atoms with Gasteiger partial charge in [-0.1, -0.05) is 0 Å². The van der Waals surface area contributed by atoms with Crippen LogP contribution < -0.4 is 0 Å². The molecule has 0 fully saturated rings. The average Bonchev–Trinajstić information content (AvgIpc) is 0.811. The number of rotatable bonds is 0. The zero-order valence-electron chi connectivity index (χ0n) is 2.47. The van der Waals surface area contributed by atoms with Crippen molar-refractivity contribution < 1.29 is 50.5 Å².